The van der Waals surface area contributed by atoms with Crippen molar-refractivity contribution >= 4 is 26.5 Å². The fraction of sp³-hybridized carbons (Fsp3) is 0.700. The summed E-state index contributed by atoms with van der Waals surface area (Å²) in [5.41, 5.74) is 1.07. The number of thiazole rings is 1. The number of aromatic nitrogens is 1. The molecule has 1 fully saturated rings. The lowest BCUT2D eigenvalue weighted by atomic mass is 10.2. The number of fused-ring (bicyclic) bond motifs is 1. The molecule has 0 spiro atoms. The maximum Gasteiger partial charge on any atom is 0.236 e. The summed E-state index contributed by atoms with van der Waals surface area (Å²) < 4.78 is 25.4. The van der Waals surface area contributed by atoms with Crippen molar-refractivity contribution in [3.8, 4) is 0 Å². The molecule has 0 amide bonds. The molecule has 0 aliphatic carbocycles. The Hall–Kier alpha value is -0.660. The molecule has 0 saturated carbocycles. The molecule has 2 aliphatic rings. The molecule has 1 aromatic heterocycles. The van der Waals surface area contributed by atoms with Crippen LogP contribution < -0.4 is 9.62 Å². The molecule has 0 bridgehead atoms. The minimum atomic E-state index is -3.12. The van der Waals surface area contributed by atoms with Crippen molar-refractivity contribution in [2.24, 2.45) is 0 Å². The van der Waals surface area contributed by atoms with Gasteiger partial charge in [0.25, 0.3) is 0 Å². The Morgan fingerprint density at radius 2 is 2.24 bits per heavy atom. The Balaban J connectivity index is 1.95. The van der Waals surface area contributed by atoms with Crippen molar-refractivity contribution in [2.75, 3.05) is 23.1 Å². The van der Waals surface area contributed by atoms with Crippen molar-refractivity contribution in [2.45, 2.75) is 25.8 Å². The minimum Gasteiger partial charge on any atom is -0.311 e. The van der Waals surface area contributed by atoms with Gasteiger partial charge in [0.05, 0.1) is 11.4 Å². The molecule has 0 unspecified atom stereocenters. The zero-order valence-corrected chi connectivity index (χ0v) is 11.1. The van der Waals surface area contributed by atoms with Gasteiger partial charge in [0.1, 0.15) is 0 Å². The number of nitrogens with one attached hydrogen (secondary N) is 1. The molecule has 2 aliphatic heterocycles. The number of hydrogen-bond acceptors (Lipinski definition) is 5. The highest BCUT2D eigenvalue weighted by molar-refractivity contribution is 7.93. The summed E-state index contributed by atoms with van der Waals surface area (Å²) in [4.78, 5) is 5.68. The number of rotatable bonds is 1. The van der Waals surface area contributed by atoms with Gasteiger partial charge in [0, 0.05) is 30.9 Å². The van der Waals surface area contributed by atoms with E-state index in [1.165, 1.54) is 20.5 Å². The standard InChI is InChI=1S/C10H15N3O2S2/c14-17(15)6-2-1-5-13(17)10-12-8-3-4-11-7-9(8)16-10/h11H,1-7H2. The highest BCUT2D eigenvalue weighted by Crippen LogP contribution is 2.31. The fourth-order valence-electron chi connectivity index (χ4n) is 2.22. The molecule has 1 N–H and O–H groups in total. The topological polar surface area (TPSA) is 62.3 Å². The molecule has 7 heteroatoms. The minimum absolute atomic E-state index is 0.259. The van der Waals surface area contributed by atoms with Gasteiger partial charge in [-0.15, -0.1) is 0 Å². The van der Waals surface area contributed by atoms with Gasteiger partial charge in [-0.25, -0.2) is 17.7 Å². The second kappa shape index (κ2) is 4.22. The van der Waals surface area contributed by atoms with Crippen molar-refractivity contribution in [1.29, 1.82) is 0 Å². The van der Waals surface area contributed by atoms with Gasteiger partial charge in [0.2, 0.25) is 10.0 Å². The summed E-state index contributed by atoms with van der Waals surface area (Å²) >= 11 is 1.52. The summed E-state index contributed by atoms with van der Waals surface area (Å²) in [5.74, 6) is 0.259. The van der Waals surface area contributed by atoms with Gasteiger partial charge < -0.3 is 5.32 Å². The molecule has 0 aromatic carbocycles. The molecular weight excluding hydrogens is 258 g/mol. The van der Waals surface area contributed by atoms with Crippen molar-refractivity contribution in [1.82, 2.24) is 10.3 Å². The Bertz CT molecular complexity index is 500. The van der Waals surface area contributed by atoms with Crippen LogP contribution in [0, 0.1) is 0 Å². The van der Waals surface area contributed by atoms with E-state index in [2.05, 4.69) is 10.3 Å². The smallest absolute Gasteiger partial charge is 0.236 e. The van der Waals surface area contributed by atoms with Gasteiger partial charge in [-0.3, -0.25) is 0 Å². The first kappa shape index (κ1) is 11.4. The average molecular weight is 273 g/mol. The lowest BCUT2D eigenvalue weighted by Crippen LogP contribution is -2.37. The predicted octanol–water partition coefficient (Wildman–Crippen LogP) is 0.719. The van der Waals surface area contributed by atoms with Crippen LogP contribution in [0.1, 0.15) is 23.4 Å². The maximum absolute atomic E-state index is 12.0. The van der Waals surface area contributed by atoms with Gasteiger partial charge in [-0.05, 0) is 12.8 Å². The van der Waals surface area contributed by atoms with Crippen LogP contribution >= 0.6 is 11.3 Å². The summed E-state index contributed by atoms with van der Waals surface area (Å²) in [5, 5.41) is 3.95. The molecule has 0 radical (unpaired) electrons. The van der Waals surface area contributed by atoms with Crippen LogP contribution in [-0.2, 0) is 23.0 Å². The first-order chi connectivity index (χ1) is 8.17. The van der Waals surface area contributed by atoms with Crippen LogP contribution in [0.5, 0.6) is 0 Å². The van der Waals surface area contributed by atoms with Crippen LogP contribution in [0.2, 0.25) is 0 Å². The fourth-order valence-corrected chi connectivity index (χ4v) is 5.16. The van der Waals surface area contributed by atoms with E-state index in [1.54, 1.807) is 0 Å². The lowest BCUT2D eigenvalue weighted by molar-refractivity contribution is 0.574. The van der Waals surface area contributed by atoms with E-state index in [0.29, 0.717) is 11.7 Å². The highest BCUT2D eigenvalue weighted by atomic mass is 32.2. The van der Waals surface area contributed by atoms with Crippen LogP contribution in [0.3, 0.4) is 0 Å². The van der Waals surface area contributed by atoms with E-state index < -0.39 is 10.0 Å². The largest absolute Gasteiger partial charge is 0.311 e. The second-order valence-electron chi connectivity index (χ2n) is 4.39. The molecule has 3 rings (SSSR count). The normalized spacial score (nSPS) is 23.4. The van der Waals surface area contributed by atoms with Gasteiger partial charge in [-0.1, -0.05) is 11.3 Å². The Morgan fingerprint density at radius 1 is 1.35 bits per heavy atom. The van der Waals surface area contributed by atoms with E-state index in [0.717, 1.165) is 38.0 Å². The quantitative estimate of drug-likeness (QED) is 0.819. The van der Waals surface area contributed by atoms with Gasteiger partial charge in [-0.2, -0.15) is 0 Å². The molecule has 5 nitrogen and oxygen atoms in total. The summed E-state index contributed by atoms with van der Waals surface area (Å²) in [6.07, 6.45) is 2.60. The van der Waals surface area contributed by atoms with E-state index in [4.69, 9.17) is 0 Å². The number of hydrogen-bond donors (Lipinski definition) is 1. The third-order valence-electron chi connectivity index (χ3n) is 3.15. The Morgan fingerprint density at radius 3 is 3.00 bits per heavy atom. The third kappa shape index (κ3) is 2.07. The van der Waals surface area contributed by atoms with Crippen LogP contribution in [0.4, 0.5) is 5.13 Å². The monoisotopic (exact) mass is 273 g/mol. The molecule has 17 heavy (non-hydrogen) atoms. The SMILES string of the molecule is O=S1(=O)CCCCN1c1nc2c(s1)CNCC2. The summed E-state index contributed by atoms with van der Waals surface area (Å²) in [6.45, 7) is 2.34. The van der Waals surface area contributed by atoms with Gasteiger partial charge >= 0.3 is 0 Å². The first-order valence-electron chi connectivity index (χ1n) is 5.86. The third-order valence-corrected chi connectivity index (χ3v) is 6.22. The molecular formula is C10H15N3O2S2. The zero-order valence-electron chi connectivity index (χ0n) is 9.48. The first-order valence-corrected chi connectivity index (χ1v) is 8.29. The molecule has 1 saturated heterocycles. The van der Waals surface area contributed by atoms with Crippen LogP contribution in [-0.4, -0.2) is 32.2 Å². The van der Waals surface area contributed by atoms with Gasteiger partial charge in [0.15, 0.2) is 5.13 Å². The second-order valence-corrected chi connectivity index (χ2v) is 7.46. The van der Waals surface area contributed by atoms with E-state index in [1.807, 2.05) is 0 Å². The summed E-state index contributed by atoms with van der Waals surface area (Å²) in [7, 11) is -3.12. The van der Waals surface area contributed by atoms with E-state index in [9.17, 15) is 8.42 Å². The molecule has 0 atom stereocenters. The van der Waals surface area contributed by atoms with E-state index >= 15 is 0 Å². The van der Waals surface area contributed by atoms with Crippen molar-refractivity contribution in [3.05, 3.63) is 10.6 Å². The molecule has 94 valence electrons. The number of sulfonamides is 1. The predicted molar refractivity (Wildman–Crippen MR) is 67.9 cm³/mol. The molecule has 3 heterocycles. The van der Waals surface area contributed by atoms with Crippen LogP contribution in [0.25, 0.3) is 0 Å². The van der Waals surface area contributed by atoms with Crippen molar-refractivity contribution < 1.29 is 8.42 Å². The summed E-state index contributed by atoms with van der Waals surface area (Å²) in [6, 6.07) is 0. The van der Waals surface area contributed by atoms with Crippen LogP contribution in [0.15, 0.2) is 0 Å². The van der Waals surface area contributed by atoms with E-state index in [-0.39, 0.29) is 5.75 Å². The number of nitrogens with zero attached hydrogens (tertiary/aromatic N) is 2. The number of anilines is 1. The Labute approximate surface area is 105 Å². The highest BCUT2D eigenvalue weighted by Gasteiger charge is 2.29. The zero-order chi connectivity index (χ0) is 11.9. The lowest BCUT2D eigenvalue weighted by Gasteiger charge is -2.25. The molecule has 1 aromatic rings. The maximum atomic E-state index is 12.0. The Kier molecular flexibility index (Phi) is 2.84. The van der Waals surface area contributed by atoms with Crippen molar-refractivity contribution in [3.63, 3.8) is 0 Å². The average Bonchev–Trinajstić information content (AvgIpc) is 2.71.